The van der Waals surface area contributed by atoms with Crippen molar-refractivity contribution in [2.45, 2.75) is 65.0 Å². The van der Waals surface area contributed by atoms with Gasteiger partial charge in [0, 0.05) is 80.1 Å². The second-order valence-electron chi connectivity index (χ2n) is 11.7. The zero-order valence-corrected chi connectivity index (χ0v) is 25.3. The van der Waals surface area contributed by atoms with Gasteiger partial charge < -0.3 is 19.3 Å². The number of carbonyl (C=O) groups excluding carboxylic acids is 2. The molecule has 0 unspecified atom stereocenters. The first-order chi connectivity index (χ1) is 21.8. The average molecular weight is 620 g/mol. The van der Waals surface area contributed by atoms with Gasteiger partial charge in [0.05, 0.1) is 25.4 Å². The molecule has 1 aromatic carbocycles. The molecule has 0 aliphatic carbocycles. The Balaban J connectivity index is 1.31. The van der Waals surface area contributed by atoms with Crippen molar-refractivity contribution in [1.29, 1.82) is 0 Å². The van der Waals surface area contributed by atoms with Gasteiger partial charge in [-0.3, -0.25) is 9.48 Å². The van der Waals surface area contributed by atoms with Crippen LogP contribution in [-0.2, 0) is 33.7 Å². The van der Waals surface area contributed by atoms with Gasteiger partial charge in [-0.1, -0.05) is 0 Å². The Morgan fingerprint density at radius 1 is 1.13 bits per heavy atom. The normalized spacial score (nSPS) is 17.1. The molecule has 3 aliphatic heterocycles. The summed E-state index contributed by atoms with van der Waals surface area (Å²) in [5.41, 5.74) is 4.97. The Morgan fingerprint density at radius 3 is 2.71 bits per heavy atom. The molecule has 1 fully saturated rings. The summed E-state index contributed by atoms with van der Waals surface area (Å²) in [6, 6.07) is 3.60. The molecular weight excluding hydrogens is 584 g/mol. The predicted octanol–water partition coefficient (Wildman–Crippen LogP) is 5.05. The smallest absolute Gasteiger partial charge is 0.343 e. The zero-order chi connectivity index (χ0) is 31.2. The number of alkyl halides is 2. The second kappa shape index (κ2) is 11.8. The van der Waals surface area contributed by atoms with E-state index < -0.39 is 12.4 Å². The number of anilines is 2. The molecule has 1 amide bonds. The second-order valence-corrected chi connectivity index (χ2v) is 11.7. The lowest BCUT2D eigenvalue weighted by Crippen LogP contribution is -2.36. The molecule has 3 aliphatic rings. The summed E-state index contributed by atoms with van der Waals surface area (Å²) in [5, 5.41) is 9.39. The van der Waals surface area contributed by atoms with Crippen molar-refractivity contribution < 1.29 is 27.8 Å². The van der Waals surface area contributed by atoms with E-state index in [2.05, 4.69) is 19.7 Å². The quantitative estimate of drug-likeness (QED) is 0.276. The number of aromatic nitrogens is 5. The van der Waals surface area contributed by atoms with Crippen molar-refractivity contribution >= 4 is 29.0 Å². The molecule has 3 aromatic heterocycles. The van der Waals surface area contributed by atoms with E-state index in [0.717, 1.165) is 48.3 Å². The maximum atomic E-state index is 14.8. The minimum absolute atomic E-state index is 0.00576. The molecule has 0 saturated carbocycles. The Kier molecular flexibility index (Phi) is 7.72. The molecule has 0 N–H and O–H groups in total. The van der Waals surface area contributed by atoms with E-state index in [4.69, 9.17) is 14.6 Å². The molecule has 0 radical (unpaired) electrons. The van der Waals surface area contributed by atoms with Crippen LogP contribution in [0.2, 0.25) is 0 Å². The minimum Gasteiger partial charge on any atom is -0.462 e. The van der Waals surface area contributed by atoms with Gasteiger partial charge in [0.1, 0.15) is 5.56 Å². The van der Waals surface area contributed by atoms with Crippen LogP contribution in [0.3, 0.4) is 0 Å². The summed E-state index contributed by atoms with van der Waals surface area (Å²) >= 11 is 0. The van der Waals surface area contributed by atoms with Crippen molar-refractivity contribution in [2.24, 2.45) is 0 Å². The first-order valence-corrected chi connectivity index (χ1v) is 15.5. The number of amides is 1. The number of halogens is 2. The Hall–Kier alpha value is -4.39. The molecule has 0 spiro atoms. The van der Waals surface area contributed by atoms with Gasteiger partial charge >= 0.3 is 5.97 Å². The third-order valence-corrected chi connectivity index (χ3v) is 9.07. The van der Waals surface area contributed by atoms with Crippen LogP contribution in [0.1, 0.15) is 78.3 Å². The number of nitrogens with zero attached hydrogens (tertiary/aromatic N) is 7. The number of carbonyl (C=O) groups is 2. The molecular formula is C32H35F2N7O4. The van der Waals surface area contributed by atoms with Crippen LogP contribution < -0.4 is 4.90 Å². The van der Waals surface area contributed by atoms with Gasteiger partial charge in [0.15, 0.2) is 11.5 Å². The molecule has 236 valence electrons. The van der Waals surface area contributed by atoms with Gasteiger partial charge in [0.25, 0.3) is 6.43 Å². The molecule has 11 nitrogen and oxygen atoms in total. The number of hydrogen-bond acceptors (Lipinski definition) is 8. The standard InChI is InChI=1S/C32H35F2N7O4/c1-3-45-32(43)25-16-36-40-17-21(15-35-30(25)40)23-13-20-5-4-9-39(28(20)14-24(23)29(33)34)31-26-18-38(19(2)42)10-6-27(26)41(37-31)22-7-11-44-12-8-22/h13-17,22,29H,3-12,18H2,1-2H3. The topological polar surface area (TPSA) is 107 Å². The molecule has 0 atom stereocenters. The van der Waals surface area contributed by atoms with Crippen LogP contribution in [0.5, 0.6) is 0 Å². The van der Waals surface area contributed by atoms with Crippen LogP contribution in [0.4, 0.5) is 20.3 Å². The largest absolute Gasteiger partial charge is 0.462 e. The molecule has 45 heavy (non-hydrogen) atoms. The number of fused-ring (bicyclic) bond motifs is 3. The molecule has 13 heteroatoms. The summed E-state index contributed by atoms with van der Waals surface area (Å²) in [6.07, 6.45) is 5.67. The van der Waals surface area contributed by atoms with Crippen LogP contribution in [0.15, 0.2) is 30.7 Å². The van der Waals surface area contributed by atoms with Gasteiger partial charge in [-0.25, -0.2) is 23.1 Å². The predicted molar refractivity (Wildman–Crippen MR) is 161 cm³/mol. The number of aryl methyl sites for hydroxylation is 1. The van der Waals surface area contributed by atoms with Gasteiger partial charge in [-0.2, -0.15) is 10.2 Å². The Bertz CT molecular complexity index is 1780. The highest BCUT2D eigenvalue weighted by molar-refractivity contribution is 5.95. The Morgan fingerprint density at radius 2 is 1.96 bits per heavy atom. The number of esters is 1. The molecule has 0 bridgehead atoms. The first-order valence-electron chi connectivity index (χ1n) is 15.5. The minimum atomic E-state index is -2.75. The summed E-state index contributed by atoms with van der Waals surface area (Å²) in [7, 11) is 0. The summed E-state index contributed by atoms with van der Waals surface area (Å²) < 4.78 is 43.8. The van der Waals surface area contributed by atoms with Crippen LogP contribution in [0.25, 0.3) is 16.8 Å². The number of rotatable bonds is 6. The number of hydrogen-bond donors (Lipinski definition) is 0. The zero-order valence-electron chi connectivity index (χ0n) is 25.3. The van der Waals surface area contributed by atoms with E-state index in [0.29, 0.717) is 61.7 Å². The molecule has 4 aromatic rings. The van der Waals surface area contributed by atoms with Crippen molar-refractivity contribution in [3.63, 3.8) is 0 Å². The highest BCUT2D eigenvalue weighted by atomic mass is 19.3. The van der Waals surface area contributed by atoms with Crippen molar-refractivity contribution in [3.8, 4) is 11.1 Å². The third-order valence-electron chi connectivity index (χ3n) is 9.07. The number of ether oxygens (including phenoxy) is 2. The van der Waals surface area contributed by atoms with E-state index >= 15 is 0 Å². The number of benzene rings is 1. The fraction of sp³-hybridized carbons (Fsp3) is 0.469. The fourth-order valence-corrected chi connectivity index (χ4v) is 6.81. The van der Waals surface area contributed by atoms with E-state index in [1.165, 1.54) is 16.9 Å². The lowest BCUT2D eigenvalue weighted by Gasteiger charge is -2.33. The SMILES string of the molecule is CCOC(=O)c1cnn2cc(-c3cc4c(cc3C(F)F)N(c3nn(C5CCOCC5)c5c3CN(C(C)=O)CC5)CCC4)cnc12. The highest BCUT2D eigenvalue weighted by Gasteiger charge is 2.34. The van der Waals surface area contributed by atoms with Crippen molar-refractivity contribution in [1.82, 2.24) is 29.3 Å². The van der Waals surface area contributed by atoms with Crippen LogP contribution in [-0.4, -0.2) is 74.1 Å². The van der Waals surface area contributed by atoms with Gasteiger partial charge in [-0.15, -0.1) is 0 Å². The van der Waals surface area contributed by atoms with Crippen molar-refractivity contribution in [2.75, 3.05) is 37.8 Å². The monoisotopic (exact) mass is 619 g/mol. The average Bonchev–Trinajstić information content (AvgIpc) is 3.65. The van der Waals surface area contributed by atoms with Crippen molar-refractivity contribution in [3.05, 3.63) is 58.7 Å². The summed E-state index contributed by atoms with van der Waals surface area (Å²) in [6.45, 7) is 6.55. The van der Waals surface area contributed by atoms with E-state index in [1.807, 2.05) is 11.0 Å². The summed E-state index contributed by atoms with van der Waals surface area (Å²) in [5.74, 6) is 0.205. The molecule has 1 saturated heterocycles. The molecule has 6 heterocycles. The van der Waals surface area contributed by atoms with E-state index in [1.54, 1.807) is 26.1 Å². The van der Waals surface area contributed by atoms with Crippen LogP contribution >= 0.6 is 0 Å². The van der Waals surface area contributed by atoms with E-state index in [-0.39, 0.29) is 29.7 Å². The lowest BCUT2D eigenvalue weighted by molar-refractivity contribution is -0.129. The van der Waals surface area contributed by atoms with Gasteiger partial charge in [0.2, 0.25) is 5.91 Å². The molecule has 7 rings (SSSR count). The van der Waals surface area contributed by atoms with Gasteiger partial charge in [-0.05, 0) is 55.9 Å². The maximum absolute atomic E-state index is 14.8. The summed E-state index contributed by atoms with van der Waals surface area (Å²) in [4.78, 5) is 33.0. The maximum Gasteiger partial charge on any atom is 0.343 e. The Labute approximate surface area is 258 Å². The fourth-order valence-electron chi connectivity index (χ4n) is 6.81. The first kappa shape index (κ1) is 29.3. The van der Waals surface area contributed by atoms with E-state index in [9.17, 15) is 18.4 Å². The lowest BCUT2D eigenvalue weighted by atomic mass is 9.92. The van der Waals surface area contributed by atoms with Crippen LogP contribution in [0, 0.1) is 0 Å². The highest BCUT2D eigenvalue weighted by Crippen LogP contribution is 2.43. The third kappa shape index (κ3) is 5.22.